The first-order valence-electron chi connectivity index (χ1n) is 32.0. The molecule has 22 nitrogen and oxygen atoms in total. The van der Waals surface area contributed by atoms with Crippen LogP contribution in [0.4, 0.5) is 9.59 Å². The molecule has 5 rings (SSSR count). The van der Waals surface area contributed by atoms with E-state index in [9.17, 15) is 43.9 Å². The van der Waals surface area contributed by atoms with Gasteiger partial charge in [0, 0.05) is 76.5 Å². The Hall–Kier alpha value is -7.39. The quantitative estimate of drug-likeness (QED) is 0.0159. The van der Waals surface area contributed by atoms with Crippen LogP contribution in [0.2, 0.25) is 0 Å². The van der Waals surface area contributed by atoms with Gasteiger partial charge in [-0.1, -0.05) is 147 Å². The minimum atomic E-state index is -1.05. The molecule has 7 amide bonds. The first kappa shape index (κ1) is 73.3. The van der Waals surface area contributed by atoms with E-state index in [-0.39, 0.29) is 117 Å². The van der Waals surface area contributed by atoms with Crippen LogP contribution in [-0.4, -0.2) is 172 Å². The third-order valence-electron chi connectivity index (χ3n) is 18.2. The van der Waals surface area contributed by atoms with Gasteiger partial charge in [-0.2, -0.15) is 0 Å². The highest BCUT2D eigenvalue weighted by molar-refractivity contribution is 5.93. The number of hydrogen-bond acceptors (Lipinski definition) is 13. The number of ether oxygens (including phenoxy) is 3. The van der Waals surface area contributed by atoms with Crippen molar-refractivity contribution >= 4 is 47.3 Å². The monoisotopic (exact) mass is 1250 g/mol. The van der Waals surface area contributed by atoms with Gasteiger partial charge in [0.05, 0.1) is 48.7 Å². The van der Waals surface area contributed by atoms with Gasteiger partial charge in [-0.15, -0.1) is 0 Å². The number of benzene rings is 3. The summed E-state index contributed by atoms with van der Waals surface area (Å²) >= 11 is 0. The van der Waals surface area contributed by atoms with Crippen molar-refractivity contribution in [2.75, 3.05) is 61.6 Å². The second kappa shape index (κ2) is 35.3. The zero-order chi connectivity index (χ0) is 66.5. The molecule has 0 saturated carbocycles. The lowest BCUT2D eigenvalue weighted by Gasteiger charge is -2.41. The predicted octanol–water partition coefficient (Wildman–Crippen LogP) is 8.37. The van der Waals surface area contributed by atoms with E-state index >= 15 is 0 Å². The smallest absolute Gasteiger partial charge is 0.407 e. The van der Waals surface area contributed by atoms with Gasteiger partial charge in [-0.25, -0.2) is 9.59 Å². The highest BCUT2D eigenvalue weighted by Gasteiger charge is 2.44. The Morgan fingerprint density at radius 1 is 0.767 bits per heavy atom. The van der Waals surface area contributed by atoms with Gasteiger partial charge in [0.15, 0.2) is 11.6 Å². The van der Waals surface area contributed by atoms with Crippen molar-refractivity contribution in [3.63, 3.8) is 0 Å². The van der Waals surface area contributed by atoms with Gasteiger partial charge in [-0.3, -0.25) is 33.7 Å². The number of nitrogens with one attached hydrogen (secondary N) is 4. The highest BCUT2D eigenvalue weighted by atomic mass is 16.5. The first-order valence-corrected chi connectivity index (χ1v) is 32.0. The van der Waals surface area contributed by atoms with Crippen LogP contribution in [0.15, 0.2) is 77.9 Å². The molecule has 494 valence electrons. The van der Waals surface area contributed by atoms with Crippen LogP contribution < -0.4 is 27.0 Å². The molecular weight excluding hydrogens is 1150 g/mol. The molecule has 90 heavy (non-hydrogen) atoms. The topological polar surface area (TPSA) is 297 Å². The number of alkyl carbamates (subject to hydrolysis) is 1. The van der Waals surface area contributed by atoms with E-state index in [1.807, 2.05) is 121 Å². The van der Waals surface area contributed by atoms with Gasteiger partial charge < -0.3 is 51.0 Å². The number of carbonyl (C=O) groups is 8. The third kappa shape index (κ3) is 19.8. The molecule has 22 heteroatoms. The van der Waals surface area contributed by atoms with E-state index in [0.717, 1.165) is 27.8 Å². The fourth-order valence-corrected chi connectivity index (χ4v) is 13.2. The minimum absolute atomic E-state index is 0.0125. The standard InChI is InChI=1S/C68H101N11O11/c1-15-43(8)62(78(12)66(85)52(40(2)3)36-57(81)61(42(6)7)77(10)11)58(88-13)37-59(82)79-33-21-27-55(79)63(89-14)44(9)64(83)73-47(38-72-76-70)34-45-28-30-46(31-29-45)35-56(80)54(26-20-32-71-67(69)86)74-65(84)60(41(4)5)75-68(87)90-39-53-50-24-18-16-22-48(50)49-23-17-19-25-51(49)53/h16-19,22-25,28-31,40-44,47,52-55,58,60-63H,15,20-21,26-27,32-39H2,1-14H3,(H,73,83)(H,74,84)(H,75,87)(H3,69,71,86)/t43-,44+,47-,52-,54-,55-,58+,60-,61-,62-,63+/m0/s1. The Balaban J connectivity index is 1.22. The van der Waals surface area contributed by atoms with Crippen molar-refractivity contribution in [3.8, 4) is 11.1 Å². The van der Waals surface area contributed by atoms with Crippen LogP contribution in [-0.2, 0) is 55.8 Å². The molecule has 3 aromatic carbocycles. The summed E-state index contributed by atoms with van der Waals surface area (Å²) in [5, 5.41) is 15.0. The van der Waals surface area contributed by atoms with Crippen molar-refractivity contribution in [1.29, 1.82) is 0 Å². The summed E-state index contributed by atoms with van der Waals surface area (Å²) in [4.78, 5) is 118. The Labute approximate surface area is 532 Å². The maximum Gasteiger partial charge on any atom is 0.407 e. The number of amides is 7. The summed E-state index contributed by atoms with van der Waals surface area (Å²) in [5.74, 6) is -3.64. The maximum absolute atomic E-state index is 14.6. The van der Waals surface area contributed by atoms with Crippen LogP contribution in [0.1, 0.15) is 135 Å². The molecule has 2 aliphatic rings. The van der Waals surface area contributed by atoms with Gasteiger partial charge >= 0.3 is 12.1 Å². The number of nitrogens with two attached hydrogens (primary N) is 1. The van der Waals surface area contributed by atoms with Gasteiger partial charge in [0.1, 0.15) is 12.6 Å². The lowest BCUT2D eigenvalue weighted by Crippen LogP contribution is -2.54. The normalized spacial score (nSPS) is 17.1. The second-order valence-corrected chi connectivity index (χ2v) is 25.7. The maximum atomic E-state index is 14.6. The fourth-order valence-electron chi connectivity index (χ4n) is 13.2. The predicted molar refractivity (Wildman–Crippen MR) is 347 cm³/mol. The average molecular weight is 1250 g/mol. The molecule has 6 N–H and O–H groups in total. The zero-order valence-corrected chi connectivity index (χ0v) is 55.5. The molecule has 0 radical (unpaired) electrons. The van der Waals surface area contributed by atoms with Crippen LogP contribution in [0.5, 0.6) is 0 Å². The van der Waals surface area contributed by atoms with Crippen molar-refractivity contribution in [3.05, 3.63) is 105 Å². The molecule has 1 saturated heterocycles. The number of nitrogens with zero attached hydrogens (tertiary/aromatic N) is 6. The number of fused-ring (bicyclic) bond motifs is 3. The van der Waals surface area contributed by atoms with Crippen LogP contribution >= 0.6 is 0 Å². The summed E-state index contributed by atoms with van der Waals surface area (Å²) in [7, 11) is 8.56. The van der Waals surface area contributed by atoms with E-state index in [1.165, 1.54) is 7.11 Å². The van der Waals surface area contributed by atoms with Gasteiger partial charge in [0.25, 0.3) is 0 Å². The van der Waals surface area contributed by atoms with Crippen molar-refractivity contribution in [1.82, 2.24) is 36.0 Å². The minimum Gasteiger partial charge on any atom is -0.449 e. The second-order valence-electron chi connectivity index (χ2n) is 25.7. The van der Waals surface area contributed by atoms with Crippen LogP contribution in [0, 0.1) is 35.5 Å². The molecule has 0 spiro atoms. The van der Waals surface area contributed by atoms with E-state index in [1.54, 1.807) is 56.9 Å². The van der Waals surface area contributed by atoms with E-state index in [2.05, 4.69) is 31.3 Å². The van der Waals surface area contributed by atoms with Crippen LogP contribution in [0.3, 0.4) is 0 Å². The van der Waals surface area contributed by atoms with Gasteiger partial charge in [0.2, 0.25) is 23.6 Å². The highest BCUT2D eigenvalue weighted by Crippen LogP contribution is 2.44. The van der Waals surface area contributed by atoms with Crippen molar-refractivity contribution in [2.24, 2.45) is 46.4 Å². The number of likely N-dealkylation sites (tertiary alicyclic amines) is 1. The number of urea groups is 1. The van der Waals surface area contributed by atoms with Crippen molar-refractivity contribution in [2.45, 2.75) is 174 Å². The summed E-state index contributed by atoms with van der Waals surface area (Å²) in [6.07, 6.45) is 0.503. The Bertz CT molecular complexity index is 2900. The van der Waals surface area contributed by atoms with E-state index in [0.29, 0.717) is 37.8 Å². The molecular formula is C68H101N11O11. The Morgan fingerprint density at radius 2 is 1.39 bits per heavy atom. The molecule has 0 aromatic heterocycles. The number of hydrogen-bond donors (Lipinski definition) is 5. The number of Topliss-reactive ketones (excluding diaryl/α,β-unsaturated/α-hetero) is 2. The molecule has 3 aromatic rings. The average Bonchev–Trinajstić information content (AvgIpc) is 2.02. The number of likely N-dealkylation sites (N-methyl/N-ethyl adjacent to an activating group) is 2. The van der Waals surface area contributed by atoms with E-state index < -0.39 is 72.3 Å². The van der Waals surface area contributed by atoms with E-state index in [4.69, 9.17) is 19.9 Å². The zero-order valence-electron chi connectivity index (χ0n) is 55.5. The number of methoxy groups -OCH3 is 2. The van der Waals surface area contributed by atoms with Crippen LogP contribution in [0.25, 0.3) is 21.6 Å². The van der Waals surface area contributed by atoms with Crippen molar-refractivity contribution < 1.29 is 52.6 Å². The Kier molecular flexibility index (Phi) is 28.7. The number of carbonyl (C=O) groups excluding carboxylic acids is 8. The SMILES string of the molecule is CC[C@H](C)[C@@H]([C@@H](CC(=O)N1CCC[C@H]1[C@H](OC)[C@@H](C)C(=O)N[C@H](CN=[N+]=[N-])Cc1ccc(CC(=O)[C@H](CCCNC(N)=O)NC(=O)[C@@H](NC(=O)OCC2c3ccccc3-c3ccccc32)C(C)C)cc1)OC)N(C)C(=O)[C@@H](CC(=O)[C@H](C(C)C)N(C)C)C(C)C. The molecule has 1 aliphatic carbocycles. The summed E-state index contributed by atoms with van der Waals surface area (Å²) in [6.45, 7) is 17.8. The molecule has 1 heterocycles. The third-order valence-corrected chi connectivity index (χ3v) is 18.2. The lowest BCUT2D eigenvalue weighted by molar-refractivity contribution is -0.149. The molecule has 1 fully saturated rings. The number of azide groups is 1. The summed E-state index contributed by atoms with van der Waals surface area (Å²) in [6, 6.07) is 18.4. The number of rotatable bonds is 36. The lowest BCUT2D eigenvalue weighted by atomic mass is 9.83. The largest absolute Gasteiger partial charge is 0.449 e. The molecule has 0 unspecified atom stereocenters. The Morgan fingerprint density at radius 3 is 1.93 bits per heavy atom. The fraction of sp³-hybridized carbons (Fsp3) is 0.618. The molecule has 11 atom stereocenters. The molecule has 1 aliphatic heterocycles. The van der Waals surface area contributed by atoms with Gasteiger partial charge in [-0.05, 0) is 109 Å². The molecule has 0 bridgehead atoms. The number of primary amides is 1. The summed E-state index contributed by atoms with van der Waals surface area (Å²) < 4.78 is 17.9. The summed E-state index contributed by atoms with van der Waals surface area (Å²) in [5.41, 5.74) is 20.3. The number of ketones is 2. The first-order chi connectivity index (χ1) is 42.8.